The second-order valence-electron chi connectivity index (χ2n) is 10.9. The van der Waals surface area contributed by atoms with Crippen molar-refractivity contribution in [3.8, 4) is 11.1 Å². The minimum Gasteiger partial charge on any atom is -0.446 e. The molecule has 2 aliphatic heterocycles. The Morgan fingerprint density at radius 1 is 0.805 bits per heavy atom. The lowest BCUT2D eigenvalue weighted by molar-refractivity contribution is -0.117. The molecule has 0 aromatic heterocycles. The summed E-state index contributed by atoms with van der Waals surface area (Å²) in [6.45, 7) is 6.86. The Bertz CT molecular complexity index is 1270. The van der Waals surface area contributed by atoms with Crippen molar-refractivity contribution < 1.29 is 14.3 Å². The van der Waals surface area contributed by atoms with E-state index >= 15 is 0 Å². The fraction of sp³-hybridized carbons (Fsp3) is 0.394. The number of ether oxygens (including phenoxy) is 1. The van der Waals surface area contributed by atoms with Crippen molar-refractivity contribution in [3.63, 3.8) is 0 Å². The maximum absolute atomic E-state index is 12.7. The molecular weight excluding hydrogens is 514 g/mol. The highest BCUT2D eigenvalue weighted by Crippen LogP contribution is 2.28. The van der Waals surface area contributed by atoms with Crippen LogP contribution in [-0.4, -0.2) is 73.7 Å². The van der Waals surface area contributed by atoms with E-state index in [2.05, 4.69) is 31.8 Å². The number of amides is 2. The van der Waals surface area contributed by atoms with E-state index in [1.807, 2.05) is 72.8 Å². The standard InChI is InChI=1S/C33H41N5O3/c39-32(25-38-18-6-7-19-38)35-28-12-8-9-26(23-28)24-34-17-22-37-20-15-29(16-21-37)41-33(40)36-31-14-5-4-13-30(31)27-10-2-1-3-11-27/h1-5,8-14,23,29,34H,6-7,15-22,24-25H2,(H,35,39)(H,36,40). The van der Waals surface area contributed by atoms with E-state index in [1.165, 1.54) is 12.8 Å². The zero-order chi connectivity index (χ0) is 28.3. The normalized spacial score (nSPS) is 16.4. The van der Waals surface area contributed by atoms with E-state index in [-0.39, 0.29) is 12.0 Å². The van der Waals surface area contributed by atoms with Crippen molar-refractivity contribution >= 4 is 23.4 Å². The molecule has 2 heterocycles. The molecule has 0 aliphatic carbocycles. The molecule has 0 spiro atoms. The molecule has 0 radical (unpaired) electrons. The van der Waals surface area contributed by atoms with Crippen LogP contribution in [0.2, 0.25) is 0 Å². The fourth-order valence-corrected chi connectivity index (χ4v) is 5.58. The van der Waals surface area contributed by atoms with Crippen LogP contribution in [0.25, 0.3) is 11.1 Å². The molecule has 0 saturated carbocycles. The van der Waals surface area contributed by atoms with Crippen LogP contribution in [0.5, 0.6) is 0 Å². The third kappa shape index (κ3) is 8.88. The summed E-state index contributed by atoms with van der Waals surface area (Å²) in [5.74, 6) is 0.0545. The van der Waals surface area contributed by atoms with Crippen LogP contribution in [0.3, 0.4) is 0 Å². The van der Waals surface area contributed by atoms with E-state index in [4.69, 9.17) is 4.74 Å². The number of benzene rings is 3. The van der Waals surface area contributed by atoms with Crippen LogP contribution in [0.15, 0.2) is 78.9 Å². The molecule has 2 aliphatic rings. The van der Waals surface area contributed by atoms with Gasteiger partial charge in [-0.15, -0.1) is 0 Å². The van der Waals surface area contributed by atoms with Gasteiger partial charge in [0.1, 0.15) is 6.10 Å². The summed E-state index contributed by atoms with van der Waals surface area (Å²) >= 11 is 0. The summed E-state index contributed by atoms with van der Waals surface area (Å²) in [4.78, 5) is 29.6. The van der Waals surface area contributed by atoms with Crippen molar-refractivity contribution in [2.75, 3.05) is 56.4 Å². The molecule has 8 heteroatoms. The number of anilines is 2. The number of hydrogen-bond donors (Lipinski definition) is 3. The van der Waals surface area contributed by atoms with Crippen molar-refractivity contribution in [2.45, 2.75) is 38.3 Å². The lowest BCUT2D eigenvalue weighted by Crippen LogP contribution is -2.41. The van der Waals surface area contributed by atoms with E-state index < -0.39 is 6.09 Å². The Morgan fingerprint density at radius 2 is 1.56 bits per heavy atom. The zero-order valence-corrected chi connectivity index (χ0v) is 23.7. The first-order valence-corrected chi connectivity index (χ1v) is 14.8. The Labute approximate surface area is 243 Å². The molecular formula is C33H41N5O3. The summed E-state index contributed by atoms with van der Waals surface area (Å²) < 4.78 is 5.77. The number of para-hydroxylation sites is 1. The second-order valence-corrected chi connectivity index (χ2v) is 10.9. The molecule has 5 rings (SSSR count). The minimum absolute atomic E-state index is 0.0545. The summed E-state index contributed by atoms with van der Waals surface area (Å²) in [7, 11) is 0. The fourth-order valence-electron chi connectivity index (χ4n) is 5.58. The Morgan fingerprint density at radius 3 is 2.37 bits per heavy atom. The second kappa shape index (κ2) is 14.8. The average Bonchev–Trinajstić information content (AvgIpc) is 3.50. The number of rotatable bonds is 11. The summed E-state index contributed by atoms with van der Waals surface area (Å²) in [5, 5.41) is 9.50. The number of nitrogens with one attached hydrogen (secondary N) is 3. The van der Waals surface area contributed by atoms with Gasteiger partial charge < -0.3 is 20.3 Å². The van der Waals surface area contributed by atoms with Gasteiger partial charge >= 0.3 is 6.09 Å². The SMILES string of the molecule is O=C(CN1CCCC1)Nc1cccc(CNCCN2CCC(OC(=O)Nc3ccccc3-c3ccccc3)CC2)c1. The van der Waals surface area contributed by atoms with Crippen LogP contribution in [-0.2, 0) is 16.1 Å². The number of likely N-dealkylation sites (tertiary alicyclic amines) is 2. The molecule has 216 valence electrons. The highest BCUT2D eigenvalue weighted by molar-refractivity contribution is 5.92. The van der Waals surface area contributed by atoms with E-state index in [0.29, 0.717) is 6.54 Å². The van der Waals surface area contributed by atoms with Crippen LogP contribution < -0.4 is 16.0 Å². The third-order valence-corrected chi connectivity index (χ3v) is 7.77. The van der Waals surface area contributed by atoms with Crippen molar-refractivity contribution in [3.05, 3.63) is 84.4 Å². The Kier molecular flexibility index (Phi) is 10.4. The van der Waals surface area contributed by atoms with Gasteiger partial charge in [0.2, 0.25) is 5.91 Å². The quantitative estimate of drug-likeness (QED) is 0.283. The van der Waals surface area contributed by atoms with E-state index in [1.54, 1.807) is 0 Å². The number of carbonyl (C=O) groups is 2. The average molecular weight is 556 g/mol. The Hall–Kier alpha value is -3.72. The van der Waals surface area contributed by atoms with Crippen LogP contribution in [0.4, 0.5) is 16.2 Å². The predicted molar refractivity (Wildman–Crippen MR) is 164 cm³/mol. The minimum atomic E-state index is -0.400. The molecule has 0 unspecified atom stereocenters. The van der Waals surface area contributed by atoms with Gasteiger partial charge in [0.25, 0.3) is 0 Å². The molecule has 0 bridgehead atoms. The summed E-state index contributed by atoms with van der Waals surface area (Å²) in [6, 6.07) is 25.9. The van der Waals surface area contributed by atoms with E-state index in [0.717, 1.165) is 86.7 Å². The first-order valence-electron chi connectivity index (χ1n) is 14.8. The Balaban J connectivity index is 0.982. The van der Waals surface area contributed by atoms with Gasteiger partial charge in [0, 0.05) is 44.0 Å². The summed E-state index contributed by atoms with van der Waals surface area (Å²) in [5.41, 5.74) is 4.78. The predicted octanol–water partition coefficient (Wildman–Crippen LogP) is 5.19. The van der Waals surface area contributed by atoms with Gasteiger partial charge in [-0.1, -0.05) is 60.7 Å². The largest absolute Gasteiger partial charge is 0.446 e. The molecule has 2 saturated heterocycles. The molecule has 3 aromatic carbocycles. The lowest BCUT2D eigenvalue weighted by Gasteiger charge is -2.31. The third-order valence-electron chi connectivity index (χ3n) is 7.77. The van der Waals surface area contributed by atoms with Gasteiger partial charge in [-0.05, 0) is 68.1 Å². The van der Waals surface area contributed by atoms with Crippen LogP contribution >= 0.6 is 0 Å². The zero-order valence-electron chi connectivity index (χ0n) is 23.7. The molecule has 3 aromatic rings. The van der Waals surface area contributed by atoms with Gasteiger partial charge in [0.15, 0.2) is 0 Å². The molecule has 2 fully saturated rings. The maximum atomic E-state index is 12.7. The highest BCUT2D eigenvalue weighted by Gasteiger charge is 2.22. The van der Waals surface area contributed by atoms with Crippen molar-refractivity contribution in [2.24, 2.45) is 0 Å². The molecule has 0 atom stereocenters. The molecule has 41 heavy (non-hydrogen) atoms. The first kappa shape index (κ1) is 28.8. The van der Waals surface area contributed by atoms with Crippen LogP contribution in [0, 0.1) is 0 Å². The highest BCUT2D eigenvalue weighted by atomic mass is 16.6. The number of nitrogens with zero attached hydrogens (tertiary/aromatic N) is 2. The first-order chi connectivity index (χ1) is 20.1. The summed E-state index contributed by atoms with van der Waals surface area (Å²) in [6.07, 6.45) is 3.54. The molecule has 3 N–H and O–H groups in total. The van der Waals surface area contributed by atoms with E-state index in [9.17, 15) is 9.59 Å². The van der Waals surface area contributed by atoms with Crippen LogP contribution in [0.1, 0.15) is 31.2 Å². The molecule has 2 amide bonds. The molecule has 8 nitrogen and oxygen atoms in total. The monoisotopic (exact) mass is 555 g/mol. The number of hydrogen-bond acceptors (Lipinski definition) is 6. The van der Waals surface area contributed by atoms with Gasteiger partial charge in [0.05, 0.1) is 12.2 Å². The number of piperidine rings is 1. The van der Waals surface area contributed by atoms with Crippen molar-refractivity contribution in [1.29, 1.82) is 0 Å². The lowest BCUT2D eigenvalue weighted by atomic mass is 10.0. The topological polar surface area (TPSA) is 85.9 Å². The van der Waals surface area contributed by atoms with Gasteiger partial charge in [-0.3, -0.25) is 15.0 Å². The smallest absolute Gasteiger partial charge is 0.411 e. The number of carbonyl (C=O) groups excluding carboxylic acids is 2. The maximum Gasteiger partial charge on any atom is 0.411 e. The van der Waals surface area contributed by atoms with Gasteiger partial charge in [-0.2, -0.15) is 0 Å². The van der Waals surface area contributed by atoms with Gasteiger partial charge in [-0.25, -0.2) is 4.79 Å². The van der Waals surface area contributed by atoms with Crippen molar-refractivity contribution in [1.82, 2.24) is 15.1 Å².